The van der Waals surface area contributed by atoms with Crippen LogP contribution in [-0.2, 0) is 10.0 Å². The Hall–Kier alpha value is -1.56. The summed E-state index contributed by atoms with van der Waals surface area (Å²) in [5.41, 5.74) is 0.818. The molecule has 2 rings (SSSR count). The standard InChI is InChI=1S/C14H19NO4S/c1-3-4-10-20(17,18)15-9-8-12(16)11-6-5-7-13(19-2)14(11)15/h5-7H,3-4,8-10H2,1-2H3. The third-order valence-electron chi connectivity index (χ3n) is 3.40. The van der Waals surface area contributed by atoms with E-state index in [1.807, 2.05) is 6.92 Å². The van der Waals surface area contributed by atoms with Gasteiger partial charge in [0.1, 0.15) is 11.4 Å². The monoisotopic (exact) mass is 297 g/mol. The lowest BCUT2D eigenvalue weighted by Crippen LogP contribution is -2.39. The van der Waals surface area contributed by atoms with Crippen molar-refractivity contribution < 1.29 is 17.9 Å². The van der Waals surface area contributed by atoms with Crippen LogP contribution in [0.25, 0.3) is 0 Å². The van der Waals surface area contributed by atoms with Crippen LogP contribution in [0.3, 0.4) is 0 Å². The minimum Gasteiger partial charge on any atom is -0.495 e. The molecule has 6 heteroatoms. The van der Waals surface area contributed by atoms with Gasteiger partial charge >= 0.3 is 0 Å². The Bertz CT molecular complexity index is 610. The summed E-state index contributed by atoms with van der Waals surface area (Å²) in [6.07, 6.45) is 1.63. The molecule has 0 saturated heterocycles. The molecule has 0 fully saturated rings. The Kier molecular flexibility index (Phi) is 4.32. The first-order valence-corrected chi connectivity index (χ1v) is 8.32. The molecule has 0 unspecified atom stereocenters. The number of hydrogen-bond donors (Lipinski definition) is 0. The topological polar surface area (TPSA) is 63.7 Å². The lowest BCUT2D eigenvalue weighted by Gasteiger charge is -2.31. The first-order valence-electron chi connectivity index (χ1n) is 6.72. The van der Waals surface area contributed by atoms with Gasteiger partial charge in [0.25, 0.3) is 0 Å². The van der Waals surface area contributed by atoms with Crippen molar-refractivity contribution in [3.63, 3.8) is 0 Å². The highest BCUT2D eigenvalue weighted by atomic mass is 32.2. The van der Waals surface area contributed by atoms with Gasteiger partial charge in [0.15, 0.2) is 5.78 Å². The van der Waals surface area contributed by atoms with E-state index in [1.54, 1.807) is 18.2 Å². The predicted molar refractivity (Wildman–Crippen MR) is 78.0 cm³/mol. The Labute approximate surface area is 119 Å². The Morgan fingerprint density at radius 2 is 2.10 bits per heavy atom. The molecule has 1 aliphatic rings. The van der Waals surface area contributed by atoms with Gasteiger partial charge in [0, 0.05) is 18.5 Å². The fraction of sp³-hybridized carbons (Fsp3) is 0.500. The first-order chi connectivity index (χ1) is 9.51. The van der Waals surface area contributed by atoms with Gasteiger partial charge in [-0.15, -0.1) is 0 Å². The number of nitrogens with zero attached hydrogens (tertiary/aromatic N) is 1. The van der Waals surface area contributed by atoms with Crippen LogP contribution in [0.5, 0.6) is 5.75 Å². The highest BCUT2D eigenvalue weighted by molar-refractivity contribution is 7.92. The summed E-state index contributed by atoms with van der Waals surface area (Å²) in [6.45, 7) is 2.14. The second kappa shape index (κ2) is 5.83. The summed E-state index contributed by atoms with van der Waals surface area (Å²) in [5, 5.41) is 0. The molecular weight excluding hydrogens is 278 g/mol. The van der Waals surface area contributed by atoms with Crippen molar-refractivity contribution in [3.05, 3.63) is 23.8 Å². The quantitative estimate of drug-likeness (QED) is 0.836. The molecule has 1 aromatic carbocycles. The lowest BCUT2D eigenvalue weighted by molar-refractivity contribution is 0.0981. The SMILES string of the molecule is CCCCS(=O)(=O)N1CCC(=O)c2cccc(OC)c21. The number of methoxy groups -OCH3 is 1. The Balaban J connectivity index is 2.50. The second-order valence-corrected chi connectivity index (χ2v) is 6.78. The molecule has 1 aromatic rings. The van der Waals surface area contributed by atoms with Crippen molar-refractivity contribution in [1.82, 2.24) is 0 Å². The summed E-state index contributed by atoms with van der Waals surface area (Å²) in [4.78, 5) is 12.0. The van der Waals surface area contributed by atoms with Crippen LogP contribution in [0.2, 0.25) is 0 Å². The highest BCUT2D eigenvalue weighted by Crippen LogP contribution is 2.37. The number of rotatable bonds is 5. The number of anilines is 1. The highest BCUT2D eigenvalue weighted by Gasteiger charge is 2.33. The minimum absolute atomic E-state index is 0.0409. The molecule has 0 saturated carbocycles. The molecule has 1 aliphatic heterocycles. The van der Waals surface area contributed by atoms with Gasteiger partial charge in [-0.1, -0.05) is 19.4 Å². The molecule has 0 atom stereocenters. The Morgan fingerprint density at radius 1 is 1.35 bits per heavy atom. The van der Waals surface area contributed by atoms with Crippen LogP contribution in [0, 0.1) is 0 Å². The van der Waals surface area contributed by atoms with E-state index in [0.717, 1.165) is 6.42 Å². The molecule has 0 amide bonds. The van der Waals surface area contributed by atoms with Crippen LogP contribution >= 0.6 is 0 Å². The maximum Gasteiger partial charge on any atom is 0.235 e. The first kappa shape index (κ1) is 14.8. The van der Waals surface area contributed by atoms with E-state index < -0.39 is 10.0 Å². The number of para-hydroxylation sites is 1. The van der Waals surface area contributed by atoms with Gasteiger partial charge in [-0.05, 0) is 18.6 Å². The summed E-state index contributed by atoms with van der Waals surface area (Å²) in [6, 6.07) is 5.04. The number of Topliss-reactive ketones (excluding diaryl/α,β-unsaturated/α-hetero) is 1. The number of fused-ring (bicyclic) bond motifs is 1. The normalized spacial score (nSPS) is 15.1. The van der Waals surface area contributed by atoms with Crippen molar-refractivity contribution in [2.45, 2.75) is 26.2 Å². The molecule has 110 valence electrons. The third kappa shape index (κ3) is 2.65. The van der Waals surface area contributed by atoms with Crippen molar-refractivity contribution in [2.75, 3.05) is 23.7 Å². The lowest BCUT2D eigenvalue weighted by atomic mass is 10.0. The van der Waals surface area contributed by atoms with Gasteiger partial charge < -0.3 is 4.74 Å². The molecule has 20 heavy (non-hydrogen) atoms. The van der Waals surface area contributed by atoms with E-state index in [9.17, 15) is 13.2 Å². The van der Waals surface area contributed by atoms with Gasteiger partial charge in [0.05, 0.1) is 12.9 Å². The van der Waals surface area contributed by atoms with Gasteiger partial charge in [-0.25, -0.2) is 8.42 Å². The molecule has 0 spiro atoms. The zero-order valence-electron chi connectivity index (χ0n) is 11.8. The number of ether oxygens (including phenoxy) is 1. The number of hydrogen-bond acceptors (Lipinski definition) is 4. The van der Waals surface area contributed by atoms with Crippen molar-refractivity contribution in [2.24, 2.45) is 0 Å². The number of sulfonamides is 1. The Morgan fingerprint density at radius 3 is 2.75 bits per heavy atom. The fourth-order valence-corrected chi connectivity index (χ4v) is 4.04. The second-order valence-electron chi connectivity index (χ2n) is 4.77. The molecule has 0 aliphatic carbocycles. The van der Waals surface area contributed by atoms with E-state index >= 15 is 0 Å². The zero-order chi connectivity index (χ0) is 14.8. The molecule has 5 nitrogen and oxygen atoms in total. The average Bonchev–Trinajstić information content (AvgIpc) is 2.45. The fourth-order valence-electron chi connectivity index (χ4n) is 2.33. The van der Waals surface area contributed by atoms with Crippen LogP contribution < -0.4 is 9.04 Å². The van der Waals surface area contributed by atoms with E-state index in [-0.39, 0.29) is 24.5 Å². The smallest absolute Gasteiger partial charge is 0.235 e. The number of ketones is 1. The summed E-state index contributed by atoms with van der Waals surface area (Å²) in [5.74, 6) is 0.478. The van der Waals surface area contributed by atoms with E-state index in [4.69, 9.17) is 4.74 Å². The van der Waals surface area contributed by atoms with Crippen molar-refractivity contribution in [1.29, 1.82) is 0 Å². The third-order valence-corrected chi connectivity index (χ3v) is 5.24. The maximum atomic E-state index is 12.4. The van der Waals surface area contributed by atoms with Crippen LogP contribution in [-0.4, -0.2) is 33.6 Å². The zero-order valence-corrected chi connectivity index (χ0v) is 12.6. The van der Waals surface area contributed by atoms with Gasteiger partial charge in [0.2, 0.25) is 10.0 Å². The molecule has 0 radical (unpaired) electrons. The number of unbranched alkanes of at least 4 members (excludes halogenated alkanes) is 1. The van der Waals surface area contributed by atoms with Crippen molar-refractivity contribution in [3.8, 4) is 5.75 Å². The number of carbonyl (C=O) groups is 1. The summed E-state index contributed by atoms with van der Waals surface area (Å²) < 4.78 is 31.4. The largest absolute Gasteiger partial charge is 0.495 e. The molecule has 0 aromatic heterocycles. The van der Waals surface area contributed by atoms with Crippen LogP contribution in [0.4, 0.5) is 5.69 Å². The van der Waals surface area contributed by atoms with E-state index in [1.165, 1.54) is 11.4 Å². The predicted octanol–water partition coefficient (Wildman–Crippen LogP) is 2.22. The van der Waals surface area contributed by atoms with Gasteiger partial charge in [-0.3, -0.25) is 9.10 Å². The molecule has 1 heterocycles. The molecular formula is C14H19NO4S. The van der Waals surface area contributed by atoms with Crippen LogP contribution in [0.15, 0.2) is 18.2 Å². The number of carbonyl (C=O) groups excluding carboxylic acids is 1. The summed E-state index contributed by atoms with van der Waals surface area (Å²) in [7, 11) is -1.94. The number of benzene rings is 1. The minimum atomic E-state index is -3.41. The van der Waals surface area contributed by atoms with E-state index in [2.05, 4.69) is 0 Å². The average molecular weight is 297 g/mol. The maximum absolute atomic E-state index is 12.4. The summed E-state index contributed by atoms with van der Waals surface area (Å²) >= 11 is 0. The molecule has 0 bridgehead atoms. The van der Waals surface area contributed by atoms with Gasteiger partial charge in [-0.2, -0.15) is 0 Å². The van der Waals surface area contributed by atoms with Crippen molar-refractivity contribution >= 4 is 21.5 Å². The van der Waals surface area contributed by atoms with E-state index in [0.29, 0.717) is 23.4 Å². The molecule has 0 N–H and O–H groups in total. The van der Waals surface area contributed by atoms with Crippen LogP contribution in [0.1, 0.15) is 36.5 Å².